The smallest absolute Gasteiger partial charge is 0.388 e. The third kappa shape index (κ3) is 3.57. The molecule has 3 aromatic rings. The molecule has 0 radical (unpaired) electrons. The van der Waals surface area contributed by atoms with Gasteiger partial charge in [0.05, 0.1) is 12.6 Å². The number of nitrogens with zero attached hydrogens (tertiary/aromatic N) is 4. The fourth-order valence-corrected chi connectivity index (χ4v) is 2.58. The van der Waals surface area contributed by atoms with Gasteiger partial charge in [0.2, 0.25) is 5.88 Å². The minimum atomic E-state index is -3.04. The van der Waals surface area contributed by atoms with E-state index in [4.69, 9.17) is 5.73 Å². The second kappa shape index (κ2) is 7.20. The Labute approximate surface area is 148 Å². The molecule has 1 atom stereocenters. The van der Waals surface area contributed by atoms with Crippen molar-refractivity contribution in [2.75, 3.05) is 0 Å². The van der Waals surface area contributed by atoms with E-state index in [0.29, 0.717) is 5.82 Å². The molecule has 3 rings (SSSR count). The molecule has 0 amide bonds. The first-order valence-electron chi connectivity index (χ1n) is 8.11. The molecule has 0 aliphatic carbocycles. The first-order chi connectivity index (χ1) is 12.4. The fraction of sp³-hybridized carbons (Fsp3) is 0.353. The number of ether oxygens (including phenoxy) is 1. The van der Waals surface area contributed by atoms with Crippen molar-refractivity contribution in [1.29, 1.82) is 0 Å². The van der Waals surface area contributed by atoms with Crippen LogP contribution in [0.3, 0.4) is 0 Å². The van der Waals surface area contributed by atoms with E-state index in [0.717, 1.165) is 10.1 Å². The number of aromatic nitrogens is 4. The third-order valence-corrected chi connectivity index (χ3v) is 4.00. The molecule has 138 valence electrons. The van der Waals surface area contributed by atoms with E-state index in [-0.39, 0.29) is 24.0 Å². The van der Waals surface area contributed by atoms with Crippen molar-refractivity contribution < 1.29 is 13.5 Å². The maximum Gasteiger partial charge on any atom is 0.388 e. The van der Waals surface area contributed by atoms with Gasteiger partial charge in [0.25, 0.3) is 0 Å². The summed E-state index contributed by atoms with van der Waals surface area (Å²) in [7, 11) is 0. The van der Waals surface area contributed by atoms with Gasteiger partial charge in [-0.1, -0.05) is 44.2 Å². The monoisotopic (exact) mass is 363 g/mol. The van der Waals surface area contributed by atoms with Gasteiger partial charge in [-0.2, -0.15) is 13.3 Å². The van der Waals surface area contributed by atoms with Crippen LogP contribution < -0.4 is 16.2 Å². The SMILES string of the molecule is CC(C)C(N)c1nc2cc(OC(F)F)nn2c(=O)n1Cc1ccccc1. The Morgan fingerprint density at radius 3 is 2.54 bits per heavy atom. The van der Waals surface area contributed by atoms with E-state index in [9.17, 15) is 13.6 Å². The molecule has 2 aromatic heterocycles. The standard InChI is InChI=1S/C17H19F2N5O2/c1-10(2)14(20)15-21-12-8-13(26-16(18)19)22-24(12)17(25)23(15)9-11-6-4-3-5-7-11/h3-8,10,14,16H,9,20H2,1-2H3. The Balaban J connectivity index is 2.16. The van der Waals surface area contributed by atoms with Crippen LogP contribution in [-0.2, 0) is 6.54 Å². The number of rotatable bonds is 6. The lowest BCUT2D eigenvalue weighted by Crippen LogP contribution is -2.35. The number of alkyl halides is 2. The average Bonchev–Trinajstić information content (AvgIpc) is 2.99. The number of fused-ring (bicyclic) bond motifs is 1. The first-order valence-corrected chi connectivity index (χ1v) is 8.11. The number of hydrogen-bond acceptors (Lipinski definition) is 5. The molecule has 26 heavy (non-hydrogen) atoms. The normalized spacial score (nSPS) is 12.9. The summed E-state index contributed by atoms with van der Waals surface area (Å²) in [4.78, 5) is 17.3. The van der Waals surface area contributed by atoms with Crippen LogP contribution in [0, 0.1) is 5.92 Å². The topological polar surface area (TPSA) is 87.4 Å². The lowest BCUT2D eigenvalue weighted by atomic mass is 10.0. The highest BCUT2D eigenvalue weighted by atomic mass is 19.3. The molecule has 0 aliphatic rings. The summed E-state index contributed by atoms with van der Waals surface area (Å²) in [6, 6.07) is 10.0. The molecule has 2 heterocycles. The van der Waals surface area contributed by atoms with E-state index in [1.54, 1.807) is 0 Å². The van der Waals surface area contributed by atoms with Gasteiger partial charge in [-0.15, -0.1) is 5.10 Å². The van der Waals surface area contributed by atoms with Gasteiger partial charge in [0, 0.05) is 6.07 Å². The highest BCUT2D eigenvalue weighted by Crippen LogP contribution is 2.19. The molecule has 9 heteroatoms. The predicted octanol–water partition coefficient (Wildman–Crippen LogP) is 2.20. The Morgan fingerprint density at radius 2 is 1.92 bits per heavy atom. The molecular weight excluding hydrogens is 344 g/mol. The van der Waals surface area contributed by atoms with E-state index in [2.05, 4.69) is 14.8 Å². The van der Waals surface area contributed by atoms with Crippen molar-refractivity contribution in [3.63, 3.8) is 0 Å². The maximum atomic E-state index is 12.9. The van der Waals surface area contributed by atoms with E-state index >= 15 is 0 Å². The maximum absolute atomic E-state index is 12.9. The van der Waals surface area contributed by atoms with Crippen molar-refractivity contribution in [3.05, 3.63) is 58.3 Å². The van der Waals surface area contributed by atoms with Crippen LogP contribution in [-0.4, -0.2) is 25.8 Å². The zero-order chi connectivity index (χ0) is 18.8. The predicted molar refractivity (Wildman–Crippen MR) is 91.2 cm³/mol. The van der Waals surface area contributed by atoms with Crippen molar-refractivity contribution in [2.24, 2.45) is 11.7 Å². The first kappa shape index (κ1) is 18.0. The van der Waals surface area contributed by atoms with Gasteiger partial charge in [-0.3, -0.25) is 4.57 Å². The van der Waals surface area contributed by atoms with Crippen molar-refractivity contribution in [1.82, 2.24) is 19.2 Å². The number of halogens is 2. The molecule has 1 unspecified atom stereocenters. The molecular formula is C17H19F2N5O2. The van der Waals surface area contributed by atoms with Crippen LogP contribution >= 0.6 is 0 Å². The summed E-state index contributed by atoms with van der Waals surface area (Å²) in [6.07, 6.45) is 0. The Morgan fingerprint density at radius 1 is 1.23 bits per heavy atom. The van der Waals surface area contributed by atoms with Crippen LogP contribution in [0.4, 0.5) is 8.78 Å². The molecule has 7 nitrogen and oxygen atoms in total. The van der Waals surface area contributed by atoms with E-state index < -0.39 is 18.3 Å². The highest BCUT2D eigenvalue weighted by Gasteiger charge is 2.21. The second-order valence-corrected chi connectivity index (χ2v) is 6.23. The van der Waals surface area contributed by atoms with Gasteiger partial charge < -0.3 is 10.5 Å². The average molecular weight is 363 g/mol. The van der Waals surface area contributed by atoms with Gasteiger partial charge in [-0.05, 0) is 11.5 Å². The van der Waals surface area contributed by atoms with E-state index in [1.165, 1.54) is 10.6 Å². The van der Waals surface area contributed by atoms with Crippen LogP contribution in [0.5, 0.6) is 5.88 Å². The van der Waals surface area contributed by atoms with Gasteiger partial charge in [0.15, 0.2) is 5.65 Å². The number of hydrogen-bond donors (Lipinski definition) is 1. The van der Waals surface area contributed by atoms with E-state index in [1.807, 2.05) is 44.2 Å². The number of benzene rings is 1. The number of nitrogens with two attached hydrogens (primary N) is 1. The molecule has 0 saturated heterocycles. The molecule has 2 N–H and O–H groups in total. The van der Waals surface area contributed by atoms with Crippen LogP contribution in [0.15, 0.2) is 41.2 Å². The van der Waals surface area contributed by atoms with Gasteiger partial charge >= 0.3 is 12.3 Å². The minimum Gasteiger partial charge on any atom is -0.415 e. The van der Waals surface area contributed by atoms with Crippen molar-refractivity contribution in [3.8, 4) is 5.88 Å². The molecule has 0 aliphatic heterocycles. The lowest BCUT2D eigenvalue weighted by molar-refractivity contribution is -0.0530. The molecule has 0 fully saturated rings. The second-order valence-electron chi connectivity index (χ2n) is 6.23. The van der Waals surface area contributed by atoms with Crippen LogP contribution in [0.25, 0.3) is 5.65 Å². The zero-order valence-electron chi connectivity index (χ0n) is 14.3. The summed E-state index contributed by atoms with van der Waals surface area (Å²) in [5.74, 6) is 0.0158. The summed E-state index contributed by atoms with van der Waals surface area (Å²) in [5.41, 5.74) is 6.71. The molecule has 0 spiro atoms. The molecule has 0 bridgehead atoms. The third-order valence-electron chi connectivity index (χ3n) is 4.00. The van der Waals surface area contributed by atoms with Crippen LogP contribution in [0.1, 0.15) is 31.3 Å². The quantitative estimate of drug-likeness (QED) is 0.725. The Hall–Kier alpha value is -2.81. The van der Waals surface area contributed by atoms with Crippen LogP contribution in [0.2, 0.25) is 0 Å². The van der Waals surface area contributed by atoms with Gasteiger partial charge in [0.1, 0.15) is 5.82 Å². The Bertz CT molecular complexity index is 953. The van der Waals surface area contributed by atoms with Crippen molar-refractivity contribution in [2.45, 2.75) is 33.0 Å². The summed E-state index contributed by atoms with van der Waals surface area (Å²) in [6.45, 7) is 1.03. The largest absolute Gasteiger partial charge is 0.415 e. The summed E-state index contributed by atoms with van der Waals surface area (Å²) < 4.78 is 31.5. The molecule has 0 saturated carbocycles. The fourth-order valence-electron chi connectivity index (χ4n) is 2.58. The molecule has 1 aromatic carbocycles. The Kier molecular flexibility index (Phi) is 4.99. The van der Waals surface area contributed by atoms with Gasteiger partial charge in [-0.25, -0.2) is 9.78 Å². The summed E-state index contributed by atoms with van der Waals surface area (Å²) >= 11 is 0. The van der Waals surface area contributed by atoms with Crippen molar-refractivity contribution >= 4 is 5.65 Å². The lowest BCUT2D eigenvalue weighted by Gasteiger charge is -2.20. The minimum absolute atomic E-state index is 0.0195. The zero-order valence-corrected chi connectivity index (χ0v) is 14.3. The summed E-state index contributed by atoms with van der Waals surface area (Å²) in [5, 5.41) is 3.78. The highest BCUT2D eigenvalue weighted by molar-refractivity contribution is 5.41.